The van der Waals surface area contributed by atoms with Crippen molar-refractivity contribution < 1.29 is 4.74 Å². The van der Waals surface area contributed by atoms with Crippen LogP contribution in [0.25, 0.3) is 0 Å². The third-order valence-electron chi connectivity index (χ3n) is 4.34. The molecule has 21 heavy (non-hydrogen) atoms. The minimum absolute atomic E-state index is 0.354. The molecule has 1 aliphatic heterocycles. The molecule has 0 saturated carbocycles. The second kappa shape index (κ2) is 9.06. The first-order valence-electron chi connectivity index (χ1n) is 8.52. The van der Waals surface area contributed by atoms with Gasteiger partial charge in [0.15, 0.2) is 0 Å². The van der Waals surface area contributed by atoms with E-state index in [0.717, 1.165) is 18.8 Å². The maximum Gasteiger partial charge on any atom is 0.119 e. The summed E-state index contributed by atoms with van der Waals surface area (Å²) in [5.74, 6) is 0.971. The number of hydrogen-bond donors (Lipinski definition) is 1. The second-order valence-corrected chi connectivity index (χ2v) is 5.97. The van der Waals surface area contributed by atoms with Crippen molar-refractivity contribution in [1.82, 2.24) is 4.90 Å². The third-order valence-corrected chi connectivity index (χ3v) is 4.34. The highest BCUT2D eigenvalue weighted by atomic mass is 16.5. The predicted octanol–water partition coefficient (Wildman–Crippen LogP) is 3.74. The Morgan fingerprint density at radius 2 is 1.76 bits per heavy atom. The highest BCUT2D eigenvalue weighted by Gasteiger charge is 2.20. The Morgan fingerprint density at radius 3 is 2.33 bits per heavy atom. The standard InChI is InChI=1S/C18H30N2O/c1-2-3-14-21-17-10-8-16(9-11-17)18(15-19)20-12-6-4-5-7-13-20/h8-11,18H,2-7,12-15,19H2,1H3. The number of nitrogens with zero attached hydrogens (tertiary/aromatic N) is 1. The summed E-state index contributed by atoms with van der Waals surface area (Å²) in [5.41, 5.74) is 7.37. The van der Waals surface area contributed by atoms with Crippen LogP contribution in [0.2, 0.25) is 0 Å². The fraction of sp³-hybridized carbons (Fsp3) is 0.667. The van der Waals surface area contributed by atoms with Crippen LogP contribution in [0.4, 0.5) is 0 Å². The lowest BCUT2D eigenvalue weighted by Crippen LogP contribution is -2.34. The summed E-state index contributed by atoms with van der Waals surface area (Å²) in [6.07, 6.45) is 7.60. The lowest BCUT2D eigenvalue weighted by atomic mass is 10.0. The second-order valence-electron chi connectivity index (χ2n) is 5.97. The van der Waals surface area contributed by atoms with Crippen LogP contribution < -0.4 is 10.5 Å². The number of unbranched alkanes of at least 4 members (excludes halogenated alkanes) is 1. The van der Waals surface area contributed by atoms with E-state index in [2.05, 4.69) is 36.1 Å². The van der Waals surface area contributed by atoms with Gasteiger partial charge in [-0.3, -0.25) is 4.90 Å². The number of hydrogen-bond acceptors (Lipinski definition) is 3. The van der Waals surface area contributed by atoms with Gasteiger partial charge in [-0.05, 0) is 50.0 Å². The minimum Gasteiger partial charge on any atom is -0.494 e. The molecule has 0 radical (unpaired) electrons. The van der Waals surface area contributed by atoms with Crippen molar-refractivity contribution >= 4 is 0 Å². The fourth-order valence-electron chi connectivity index (χ4n) is 3.02. The fourth-order valence-corrected chi connectivity index (χ4v) is 3.02. The zero-order valence-electron chi connectivity index (χ0n) is 13.4. The molecule has 0 aromatic heterocycles. The average Bonchev–Trinajstić information content (AvgIpc) is 2.79. The van der Waals surface area contributed by atoms with E-state index in [1.807, 2.05) is 0 Å². The summed E-state index contributed by atoms with van der Waals surface area (Å²) in [7, 11) is 0. The zero-order valence-corrected chi connectivity index (χ0v) is 13.4. The quantitative estimate of drug-likeness (QED) is 0.777. The van der Waals surface area contributed by atoms with Gasteiger partial charge < -0.3 is 10.5 Å². The molecule has 1 aromatic rings. The summed E-state index contributed by atoms with van der Waals surface area (Å²) in [6, 6.07) is 8.90. The minimum atomic E-state index is 0.354. The molecule has 0 aliphatic carbocycles. The molecule has 0 amide bonds. The van der Waals surface area contributed by atoms with E-state index in [4.69, 9.17) is 10.5 Å². The smallest absolute Gasteiger partial charge is 0.119 e. The van der Waals surface area contributed by atoms with E-state index in [-0.39, 0.29) is 0 Å². The molecule has 1 atom stereocenters. The van der Waals surface area contributed by atoms with Crippen LogP contribution in [0.15, 0.2) is 24.3 Å². The van der Waals surface area contributed by atoms with E-state index < -0.39 is 0 Å². The van der Waals surface area contributed by atoms with Crippen molar-refractivity contribution in [3.63, 3.8) is 0 Å². The Hall–Kier alpha value is -1.06. The molecule has 1 aliphatic rings. The molecule has 0 bridgehead atoms. The Labute approximate surface area is 129 Å². The maximum atomic E-state index is 6.05. The molecule has 2 N–H and O–H groups in total. The van der Waals surface area contributed by atoms with Crippen LogP contribution in [-0.4, -0.2) is 31.1 Å². The SMILES string of the molecule is CCCCOc1ccc(C(CN)N2CCCCCC2)cc1. The molecular weight excluding hydrogens is 260 g/mol. The van der Waals surface area contributed by atoms with E-state index in [0.29, 0.717) is 12.6 Å². The van der Waals surface area contributed by atoms with Gasteiger partial charge in [0.1, 0.15) is 5.75 Å². The first-order chi connectivity index (χ1) is 10.3. The summed E-state index contributed by atoms with van der Waals surface area (Å²) in [5, 5.41) is 0. The number of ether oxygens (including phenoxy) is 1. The van der Waals surface area contributed by atoms with Gasteiger partial charge in [-0.15, -0.1) is 0 Å². The maximum absolute atomic E-state index is 6.05. The van der Waals surface area contributed by atoms with Gasteiger partial charge in [-0.1, -0.05) is 38.3 Å². The highest BCUT2D eigenvalue weighted by Crippen LogP contribution is 2.25. The van der Waals surface area contributed by atoms with Crippen molar-refractivity contribution in [3.8, 4) is 5.75 Å². The molecule has 3 heteroatoms. The van der Waals surface area contributed by atoms with Crippen molar-refractivity contribution in [1.29, 1.82) is 0 Å². The molecule has 1 aromatic carbocycles. The first-order valence-corrected chi connectivity index (χ1v) is 8.52. The Kier molecular flexibility index (Phi) is 7.04. The predicted molar refractivity (Wildman–Crippen MR) is 88.7 cm³/mol. The lowest BCUT2D eigenvalue weighted by molar-refractivity contribution is 0.209. The van der Waals surface area contributed by atoms with Crippen molar-refractivity contribution in [2.45, 2.75) is 51.5 Å². The average molecular weight is 290 g/mol. The molecule has 2 rings (SSSR count). The van der Waals surface area contributed by atoms with Gasteiger partial charge in [0.25, 0.3) is 0 Å². The number of rotatable bonds is 7. The molecule has 1 fully saturated rings. The summed E-state index contributed by atoms with van der Waals surface area (Å²) >= 11 is 0. The van der Waals surface area contributed by atoms with E-state index >= 15 is 0 Å². The van der Waals surface area contributed by atoms with Crippen molar-refractivity contribution in [3.05, 3.63) is 29.8 Å². The van der Waals surface area contributed by atoms with Crippen molar-refractivity contribution in [2.75, 3.05) is 26.2 Å². The molecule has 1 saturated heterocycles. The van der Waals surface area contributed by atoms with E-state index in [1.54, 1.807) is 0 Å². The number of nitrogens with two attached hydrogens (primary N) is 1. The molecule has 0 spiro atoms. The van der Waals surface area contributed by atoms with Gasteiger partial charge in [0.2, 0.25) is 0 Å². The molecule has 1 unspecified atom stereocenters. The lowest BCUT2D eigenvalue weighted by Gasteiger charge is -2.30. The number of benzene rings is 1. The summed E-state index contributed by atoms with van der Waals surface area (Å²) in [4.78, 5) is 2.56. The molecule has 1 heterocycles. The number of likely N-dealkylation sites (tertiary alicyclic amines) is 1. The van der Waals surface area contributed by atoms with Crippen LogP contribution in [0, 0.1) is 0 Å². The van der Waals surface area contributed by atoms with E-state index in [9.17, 15) is 0 Å². The van der Waals surface area contributed by atoms with Gasteiger partial charge >= 0.3 is 0 Å². The Bertz CT molecular complexity index is 383. The van der Waals surface area contributed by atoms with Crippen LogP contribution in [0.1, 0.15) is 57.1 Å². The third kappa shape index (κ3) is 5.01. The van der Waals surface area contributed by atoms with Crippen LogP contribution >= 0.6 is 0 Å². The van der Waals surface area contributed by atoms with Crippen LogP contribution in [-0.2, 0) is 0 Å². The van der Waals surface area contributed by atoms with Gasteiger partial charge in [0, 0.05) is 12.6 Å². The van der Waals surface area contributed by atoms with Gasteiger partial charge in [-0.25, -0.2) is 0 Å². The summed E-state index contributed by atoms with van der Waals surface area (Å²) < 4.78 is 5.74. The summed E-state index contributed by atoms with van der Waals surface area (Å²) in [6.45, 7) is 6.03. The van der Waals surface area contributed by atoms with Gasteiger partial charge in [0.05, 0.1) is 6.61 Å². The monoisotopic (exact) mass is 290 g/mol. The van der Waals surface area contributed by atoms with E-state index in [1.165, 1.54) is 50.8 Å². The Morgan fingerprint density at radius 1 is 1.10 bits per heavy atom. The molecule has 3 nitrogen and oxygen atoms in total. The highest BCUT2D eigenvalue weighted by molar-refractivity contribution is 5.29. The van der Waals surface area contributed by atoms with Crippen molar-refractivity contribution in [2.24, 2.45) is 5.73 Å². The largest absolute Gasteiger partial charge is 0.494 e. The van der Waals surface area contributed by atoms with Crippen LogP contribution in [0.3, 0.4) is 0 Å². The normalized spacial score (nSPS) is 18.2. The molecular formula is C18H30N2O. The topological polar surface area (TPSA) is 38.5 Å². The van der Waals surface area contributed by atoms with Crippen LogP contribution in [0.5, 0.6) is 5.75 Å². The zero-order chi connectivity index (χ0) is 14.9. The Balaban J connectivity index is 1.97. The van der Waals surface area contributed by atoms with Gasteiger partial charge in [-0.2, -0.15) is 0 Å². The molecule has 118 valence electrons. The first kappa shape index (κ1) is 16.3.